The van der Waals surface area contributed by atoms with Crippen molar-refractivity contribution in [1.82, 2.24) is 10.3 Å². The van der Waals surface area contributed by atoms with Gasteiger partial charge in [0.25, 0.3) is 5.91 Å². The van der Waals surface area contributed by atoms with Gasteiger partial charge in [-0.2, -0.15) is 0 Å². The fourth-order valence-electron chi connectivity index (χ4n) is 3.39. The van der Waals surface area contributed by atoms with Crippen LogP contribution in [0.3, 0.4) is 0 Å². The average molecular weight is 386 g/mol. The second kappa shape index (κ2) is 9.30. The first-order chi connectivity index (χ1) is 13.6. The van der Waals surface area contributed by atoms with Crippen molar-refractivity contribution in [3.8, 4) is 23.1 Å². The summed E-state index contributed by atoms with van der Waals surface area (Å²) in [5.41, 5.74) is 0.548. The van der Waals surface area contributed by atoms with Crippen LogP contribution in [0.5, 0.6) is 23.1 Å². The van der Waals surface area contributed by atoms with Gasteiger partial charge in [0.1, 0.15) is 0 Å². The van der Waals surface area contributed by atoms with Crippen LogP contribution in [-0.4, -0.2) is 44.4 Å². The molecule has 0 radical (unpaired) electrons. The van der Waals surface area contributed by atoms with Crippen molar-refractivity contribution in [2.45, 2.75) is 37.8 Å². The molecule has 0 unspecified atom stereocenters. The molecule has 1 aliphatic rings. The molecule has 1 aliphatic carbocycles. The van der Waals surface area contributed by atoms with E-state index in [4.69, 9.17) is 18.9 Å². The number of para-hydroxylation sites is 1. The van der Waals surface area contributed by atoms with Gasteiger partial charge in [-0.05, 0) is 43.9 Å². The number of pyridine rings is 1. The third kappa shape index (κ3) is 4.65. The Kier molecular flexibility index (Phi) is 6.57. The molecule has 0 bridgehead atoms. The number of carbonyl (C=O) groups is 1. The van der Waals surface area contributed by atoms with Crippen LogP contribution in [0.2, 0.25) is 0 Å². The second-order valence-electron chi connectivity index (χ2n) is 6.64. The van der Waals surface area contributed by atoms with Crippen LogP contribution < -0.4 is 24.3 Å². The zero-order valence-electron chi connectivity index (χ0n) is 16.4. The Bertz CT molecular complexity index is 803. The van der Waals surface area contributed by atoms with Crippen LogP contribution in [0.15, 0.2) is 36.5 Å². The SMILES string of the molecule is COc1cc(C(=O)NC2CCC(Oc3cccc(OC)c3OC)CC2)ccn1. The van der Waals surface area contributed by atoms with Gasteiger partial charge in [-0.25, -0.2) is 4.98 Å². The van der Waals surface area contributed by atoms with E-state index in [1.54, 1.807) is 32.5 Å². The molecule has 0 spiro atoms. The molecular weight excluding hydrogens is 360 g/mol. The quantitative estimate of drug-likeness (QED) is 0.787. The summed E-state index contributed by atoms with van der Waals surface area (Å²) >= 11 is 0. The maximum Gasteiger partial charge on any atom is 0.251 e. The van der Waals surface area contributed by atoms with Crippen molar-refractivity contribution in [1.29, 1.82) is 0 Å². The molecule has 7 nitrogen and oxygen atoms in total. The van der Waals surface area contributed by atoms with E-state index in [1.807, 2.05) is 18.2 Å². The largest absolute Gasteiger partial charge is 0.493 e. The predicted molar refractivity (Wildman–Crippen MR) is 104 cm³/mol. The molecule has 28 heavy (non-hydrogen) atoms. The molecule has 2 aromatic rings. The van der Waals surface area contributed by atoms with E-state index < -0.39 is 0 Å². The van der Waals surface area contributed by atoms with Gasteiger partial charge in [-0.15, -0.1) is 0 Å². The fraction of sp³-hybridized carbons (Fsp3) is 0.429. The molecule has 1 saturated carbocycles. The van der Waals surface area contributed by atoms with Gasteiger partial charge in [-0.3, -0.25) is 4.79 Å². The molecule has 1 amide bonds. The van der Waals surface area contributed by atoms with E-state index in [9.17, 15) is 4.79 Å². The minimum atomic E-state index is -0.112. The van der Waals surface area contributed by atoms with Crippen LogP contribution in [-0.2, 0) is 0 Å². The first-order valence-corrected chi connectivity index (χ1v) is 9.33. The summed E-state index contributed by atoms with van der Waals surface area (Å²) in [7, 11) is 4.74. The maximum atomic E-state index is 12.5. The zero-order valence-corrected chi connectivity index (χ0v) is 16.4. The van der Waals surface area contributed by atoms with E-state index in [-0.39, 0.29) is 18.1 Å². The third-order valence-electron chi connectivity index (χ3n) is 4.88. The van der Waals surface area contributed by atoms with Gasteiger partial charge in [0.05, 0.1) is 27.4 Å². The smallest absolute Gasteiger partial charge is 0.251 e. The van der Waals surface area contributed by atoms with Crippen LogP contribution in [0, 0.1) is 0 Å². The summed E-state index contributed by atoms with van der Waals surface area (Å²) < 4.78 is 22.0. The number of nitrogens with zero attached hydrogens (tertiary/aromatic N) is 1. The van der Waals surface area contributed by atoms with Crippen LogP contribution in [0.4, 0.5) is 0 Å². The summed E-state index contributed by atoms with van der Waals surface area (Å²) in [5, 5.41) is 3.09. The zero-order chi connectivity index (χ0) is 19.9. The maximum absolute atomic E-state index is 12.5. The molecule has 7 heteroatoms. The Morgan fingerprint density at radius 3 is 2.43 bits per heavy atom. The minimum Gasteiger partial charge on any atom is -0.493 e. The number of ether oxygens (including phenoxy) is 4. The van der Waals surface area contributed by atoms with Crippen molar-refractivity contribution in [3.05, 3.63) is 42.1 Å². The van der Waals surface area contributed by atoms with Crippen LogP contribution >= 0.6 is 0 Å². The molecule has 150 valence electrons. The highest BCUT2D eigenvalue weighted by Crippen LogP contribution is 2.38. The number of benzene rings is 1. The molecule has 1 fully saturated rings. The normalized spacial score (nSPS) is 18.8. The Morgan fingerprint density at radius 1 is 1.00 bits per heavy atom. The topological polar surface area (TPSA) is 78.9 Å². The van der Waals surface area contributed by atoms with Gasteiger partial charge in [0.15, 0.2) is 11.5 Å². The first-order valence-electron chi connectivity index (χ1n) is 9.33. The predicted octanol–water partition coefficient (Wildman–Crippen LogP) is 3.23. The fourth-order valence-corrected chi connectivity index (χ4v) is 3.39. The molecule has 0 atom stereocenters. The number of hydrogen-bond acceptors (Lipinski definition) is 6. The highest BCUT2D eigenvalue weighted by Gasteiger charge is 2.25. The first kappa shape index (κ1) is 19.8. The van der Waals surface area contributed by atoms with Crippen molar-refractivity contribution < 1.29 is 23.7 Å². The summed E-state index contributed by atoms with van der Waals surface area (Å²) in [6.07, 6.45) is 5.06. The highest BCUT2D eigenvalue weighted by molar-refractivity contribution is 5.94. The third-order valence-corrected chi connectivity index (χ3v) is 4.88. The lowest BCUT2D eigenvalue weighted by molar-refractivity contribution is 0.0890. The molecule has 1 aromatic carbocycles. The Hall–Kier alpha value is -2.96. The van der Waals surface area contributed by atoms with Gasteiger partial charge in [0, 0.05) is 23.9 Å². The van der Waals surface area contributed by atoms with E-state index in [1.165, 1.54) is 7.11 Å². The minimum absolute atomic E-state index is 0.0789. The van der Waals surface area contributed by atoms with Gasteiger partial charge < -0.3 is 24.3 Å². The molecular formula is C21H26N2O5. The molecule has 0 saturated heterocycles. The number of hydrogen-bond donors (Lipinski definition) is 1. The molecule has 0 aliphatic heterocycles. The summed E-state index contributed by atoms with van der Waals surface area (Å²) in [6, 6.07) is 9.05. The second-order valence-corrected chi connectivity index (χ2v) is 6.64. The number of rotatable bonds is 7. The van der Waals surface area contributed by atoms with Crippen molar-refractivity contribution in [2.75, 3.05) is 21.3 Å². The monoisotopic (exact) mass is 386 g/mol. The lowest BCUT2D eigenvalue weighted by atomic mass is 9.92. The van der Waals surface area contributed by atoms with Gasteiger partial charge >= 0.3 is 0 Å². The molecule has 1 N–H and O–H groups in total. The van der Waals surface area contributed by atoms with Crippen LogP contribution in [0.25, 0.3) is 0 Å². The molecule has 1 aromatic heterocycles. The van der Waals surface area contributed by atoms with Crippen LogP contribution in [0.1, 0.15) is 36.0 Å². The summed E-state index contributed by atoms with van der Waals surface area (Å²) in [4.78, 5) is 16.5. The van der Waals surface area contributed by atoms with Crippen molar-refractivity contribution in [3.63, 3.8) is 0 Å². The van der Waals surface area contributed by atoms with Gasteiger partial charge in [0.2, 0.25) is 11.6 Å². The number of carbonyl (C=O) groups excluding carboxylic acids is 1. The Balaban J connectivity index is 1.54. The number of nitrogens with one attached hydrogen (secondary N) is 1. The van der Waals surface area contributed by atoms with E-state index in [0.717, 1.165) is 25.7 Å². The lowest BCUT2D eigenvalue weighted by Crippen LogP contribution is -2.39. The average Bonchev–Trinajstić information content (AvgIpc) is 2.74. The highest BCUT2D eigenvalue weighted by atomic mass is 16.5. The van der Waals surface area contributed by atoms with Gasteiger partial charge in [-0.1, -0.05) is 6.07 Å². The number of aromatic nitrogens is 1. The summed E-state index contributed by atoms with van der Waals surface area (Å²) in [6.45, 7) is 0. The van der Waals surface area contributed by atoms with Crippen molar-refractivity contribution in [2.24, 2.45) is 0 Å². The summed E-state index contributed by atoms with van der Waals surface area (Å²) in [5.74, 6) is 2.25. The van der Waals surface area contributed by atoms with E-state index in [0.29, 0.717) is 28.7 Å². The molecule has 3 rings (SSSR count). The standard InChI is InChI=1S/C21H26N2O5/c1-25-17-5-4-6-18(20(17)27-3)28-16-9-7-15(8-10-16)23-21(24)14-11-12-22-19(13-14)26-2/h4-6,11-13,15-16H,7-10H2,1-3H3,(H,23,24). The van der Waals surface area contributed by atoms with E-state index >= 15 is 0 Å². The number of methoxy groups -OCH3 is 3. The van der Waals surface area contributed by atoms with Crippen molar-refractivity contribution >= 4 is 5.91 Å². The number of amides is 1. The lowest BCUT2D eigenvalue weighted by Gasteiger charge is -2.30. The Morgan fingerprint density at radius 2 is 1.75 bits per heavy atom. The molecule has 1 heterocycles. The van der Waals surface area contributed by atoms with E-state index in [2.05, 4.69) is 10.3 Å². The Labute approximate surface area is 165 Å².